The summed E-state index contributed by atoms with van der Waals surface area (Å²) in [7, 11) is 1.94. The summed E-state index contributed by atoms with van der Waals surface area (Å²) in [5, 5.41) is 0. The molecule has 3 rings (SSSR count). The Hall–Kier alpha value is -3.35. The maximum atomic E-state index is 13.6. The molecule has 1 atom stereocenters. The van der Waals surface area contributed by atoms with Crippen LogP contribution < -0.4 is 4.74 Å². The van der Waals surface area contributed by atoms with Crippen LogP contribution in [-0.4, -0.2) is 34.8 Å². The minimum absolute atomic E-state index is 0.348. The molecule has 0 spiro atoms. The second-order valence-electron chi connectivity index (χ2n) is 6.97. The zero-order chi connectivity index (χ0) is 21.7. The Morgan fingerprint density at radius 3 is 2.57 bits per heavy atom. The van der Waals surface area contributed by atoms with Crippen LogP contribution in [0.4, 0.5) is 14.5 Å². The van der Waals surface area contributed by atoms with Gasteiger partial charge in [0, 0.05) is 43.2 Å². The maximum Gasteiger partial charge on any atom is 0.222 e. The molecular formula is C23H24F2N4O. The number of nitrogens with zero attached hydrogens (tertiary/aromatic N) is 4. The minimum Gasteiger partial charge on any atom is -0.469 e. The zero-order valence-corrected chi connectivity index (χ0v) is 17.4. The first kappa shape index (κ1) is 21.4. The Balaban J connectivity index is 2.02. The number of benzene rings is 1. The van der Waals surface area contributed by atoms with Gasteiger partial charge < -0.3 is 9.64 Å². The second kappa shape index (κ2) is 9.43. The predicted molar refractivity (Wildman–Crippen MR) is 114 cm³/mol. The first-order valence-corrected chi connectivity index (χ1v) is 9.66. The summed E-state index contributed by atoms with van der Waals surface area (Å²) >= 11 is 0. The third kappa shape index (κ3) is 5.17. The summed E-state index contributed by atoms with van der Waals surface area (Å²) in [6.07, 6.45) is 4.52. The van der Waals surface area contributed by atoms with Gasteiger partial charge in [0.15, 0.2) is 0 Å². The van der Waals surface area contributed by atoms with E-state index in [1.807, 2.05) is 44.0 Å². The van der Waals surface area contributed by atoms with Crippen LogP contribution in [0.2, 0.25) is 0 Å². The summed E-state index contributed by atoms with van der Waals surface area (Å²) in [6.45, 7) is 6.42. The Labute approximate surface area is 175 Å². The Bertz CT molecular complexity index is 1020. The van der Waals surface area contributed by atoms with E-state index in [1.54, 1.807) is 25.7 Å². The maximum absolute atomic E-state index is 13.6. The third-order valence-corrected chi connectivity index (χ3v) is 4.66. The number of aryl methyl sites for hydroxylation is 1. The molecule has 30 heavy (non-hydrogen) atoms. The Morgan fingerprint density at radius 1 is 1.20 bits per heavy atom. The van der Waals surface area contributed by atoms with Crippen LogP contribution in [0.25, 0.3) is 11.1 Å². The molecule has 0 saturated heterocycles. The van der Waals surface area contributed by atoms with Crippen LogP contribution in [0.3, 0.4) is 0 Å². The molecule has 0 amide bonds. The number of hydrogen-bond acceptors (Lipinski definition) is 4. The number of pyridine rings is 2. The van der Waals surface area contributed by atoms with Crippen molar-refractivity contribution < 1.29 is 13.5 Å². The number of rotatable bonds is 7. The van der Waals surface area contributed by atoms with Crippen molar-refractivity contribution in [2.75, 3.05) is 13.6 Å². The van der Waals surface area contributed by atoms with Gasteiger partial charge in [-0.05, 0) is 50.6 Å². The van der Waals surface area contributed by atoms with Gasteiger partial charge in [0.05, 0.1) is 17.7 Å². The van der Waals surface area contributed by atoms with Gasteiger partial charge in [-0.1, -0.05) is 6.07 Å². The Morgan fingerprint density at radius 2 is 1.93 bits per heavy atom. The lowest BCUT2D eigenvalue weighted by Gasteiger charge is -2.18. The van der Waals surface area contributed by atoms with Gasteiger partial charge in [-0.2, -0.15) is 0 Å². The fourth-order valence-corrected chi connectivity index (χ4v) is 2.81. The van der Waals surface area contributed by atoms with Crippen molar-refractivity contribution in [2.24, 2.45) is 4.99 Å². The highest BCUT2D eigenvalue weighted by molar-refractivity contribution is 5.73. The van der Waals surface area contributed by atoms with E-state index in [0.29, 0.717) is 28.4 Å². The van der Waals surface area contributed by atoms with E-state index in [4.69, 9.17) is 4.74 Å². The van der Waals surface area contributed by atoms with Crippen LogP contribution in [-0.2, 0) is 0 Å². The van der Waals surface area contributed by atoms with E-state index < -0.39 is 17.7 Å². The fraction of sp³-hybridized carbons (Fsp3) is 0.261. The van der Waals surface area contributed by atoms with E-state index >= 15 is 0 Å². The topological polar surface area (TPSA) is 50.6 Å². The quantitative estimate of drug-likeness (QED) is 0.382. The van der Waals surface area contributed by atoms with E-state index in [1.165, 1.54) is 12.1 Å². The smallest absolute Gasteiger partial charge is 0.222 e. The Kier molecular flexibility index (Phi) is 6.72. The lowest BCUT2D eigenvalue weighted by Crippen LogP contribution is -2.14. The zero-order valence-electron chi connectivity index (χ0n) is 17.4. The summed E-state index contributed by atoms with van der Waals surface area (Å²) in [5.74, 6) is -0.955. The average Bonchev–Trinajstić information content (AvgIpc) is 2.72. The van der Waals surface area contributed by atoms with Crippen molar-refractivity contribution in [3.05, 3.63) is 71.7 Å². The van der Waals surface area contributed by atoms with E-state index in [0.717, 1.165) is 18.2 Å². The summed E-state index contributed by atoms with van der Waals surface area (Å²) < 4.78 is 33.3. The molecule has 7 heteroatoms. The van der Waals surface area contributed by atoms with Gasteiger partial charge >= 0.3 is 0 Å². The molecule has 1 unspecified atom stereocenters. The molecule has 0 aliphatic carbocycles. The van der Waals surface area contributed by atoms with E-state index in [-0.39, 0.29) is 0 Å². The normalized spacial score (nSPS) is 12.2. The molecule has 0 radical (unpaired) electrons. The van der Waals surface area contributed by atoms with Crippen LogP contribution in [0, 0.1) is 18.6 Å². The van der Waals surface area contributed by atoms with Gasteiger partial charge in [0.1, 0.15) is 17.7 Å². The molecule has 0 saturated carbocycles. The molecule has 3 aromatic rings. The molecule has 1 aromatic carbocycles. The summed E-state index contributed by atoms with van der Waals surface area (Å²) in [5.41, 5.74) is 3.26. The summed E-state index contributed by atoms with van der Waals surface area (Å²) in [6, 6.07) is 8.93. The first-order chi connectivity index (χ1) is 14.4. The molecule has 156 valence electrons. The number of hydrogen-bond donors (Lipinski definition) is 0. The largest absolute Gasteiger partial charge is 0.469 e. The molecule has 2 aromatic heterocycles. The summed E-state index contributed by atoms with van der Waals surface area (Å²) in [4.78, 5) is 15.2. The first-order valence-electron chi connectivity index (χ1n) is 9.66. The highest BCUT2D eigenvalue weighted by atomic mass is 19.1. The highest BCUT2D eigenvalue weighted by Crippen LogP contribution is 2.35. The van der Waals surface area contributed by atoms with Crippen molar-refractivity contribution in [1.82, 2.24) is 14.9 Å². The van der Waals surface area contributed by atoms with Gasteiger partial charge in [-0.25, -0.2) is 18.8 Å². The van der Waals surface area contributed by atoms with Gasteiger partial charge in [-0.15, -0.1) is 0 Å². The highest BCUT2D eigenvalue weighted by Gasteiger charge is 2.17. The van der Waals surface area contributed by atoms with Crippen LogP contribution in [0.5, 0.6) is 5.88 Å². The predicted octanol–water partition coefficient (Wildman–Crippen LogP) is 5.48. The molecule has 0 aliphatic heterocycles. The molecule has 0 N–H and O–H groups in total. The van der Waals surface area contributed by atoms with E-state index in [2.05, 4.69) is 15.0 Å². The monoisotopic (exact) mass is 410 g/mol. The lowest BCUT2D eigenvalue weighted by atomic mass is 10.1. The van der Waals surface area contributed by atoms with Crippen molar-refractivity contribution in [3.63, 3.8) is 0 Å². The third-order valence-electron chi connectivity index (χ3n) is 4.66. The van der Waals surface area contributed by atoms with Crippen LogP contribution in [0.15, 0.2) is 53.8 Å². The second-order valence-corrected chi connectivity index (χ2v) is 6.97. The van der Waals surface area contributed by atoms with Crippen LogP contribution in [0.1, 0.15) is 31.2 Å². The lowest BCUT2D eigenvalue weighted by molar-refractivity contribution is 0.217. The van der Waals surface area contributed by atoms with Crippen molar-refractivity contribution in [2.45, 2.75) is 26.9 Å². The van der Waals surface area contributed by atoms with E-state index in [9.17, 15) is 8.78 Å². The van der Waals surface area contributed by atoms with Gasteiger partial charge in [0.2, 0.25) is 5.88 Å². The minimum atomic E-state index is -0.651. The fourth-order valence-electron chi connectivity index (χ4n) is 2.81. The molecule has 5 nitrogen and oxygen atoms in total. The SMILES string of the molecule is CCN(C)/C=N/c1cc(-c2cccnc2)c(OC(C)c2cc(F)cc(F)c2)nc1C. The molecule has 0 bridgehead atoms. The molecule has 2 heterocycles. The van der Waals surface area contributed by atoms with Crippen LogP contribution >= 0.6 is 0 Å². The van der Waals surface area contributed by atoms with Crippen molar-refractivity contribution in [1.29, 1.82) is 0 Å². The molecular weight excluding hydrogens is 386 g/mol. The number of aromatic nitrogens is 2. The standard InChI is InChI=1S/C23H24F2N4O/c1-5-29(4)14-27-22-12-21(17-7-6-8-26-13-17)23(28-15(22)2)30-16(3)18-9-19(24)11-20(25)10-18/h6-14,16H,5H2,1-4H3/b27-14+. The van der Waals surface area contributed by atoms with Gasteiger partial charge in [-0.3, -0.25) is 4.98 Å². The van der Waals surface area contributed by atoms with Gasteiger partial charge in [0.25, 0.3) is 0 Å². The molecule has 0 fully saturated rings. The molecule has 0 aliphatic rings. The number of ether oxygens (including phenoxy) is 1. The number of aliphatic imine (C=N–C) groups is 1. The van der Waals surface area contributed by atoms with Crippen molar-refractivity contribution >= 4 is 12.0 Å². The average molecular weight is 410 g/mol. The number of halogens is 2. The van der Waals surface area contributed by atoms with Crippen molar-refractivity contribution in [3.8, 4) is 17.0 Å².